The lowest BCUT2D eigenvalue weighted by molar-refractivity contribution is 0.0976. The quantitative estimate of drug-likeness (QED) is 0.464. The molecule has 0 saturated heterocycles. The van der Waals surface area contributed by atoms with Crippen LogP contribution in [0.2, 0.25) is 0 Å². The molecular formula is C12H10BrFO. The number of rotatable bonds is 4. The first-order chi connectivity index (χ1) is 7.15. The second-order valence-electron chi connectivity index (χ2n) is 3.11. The fourth-order valence-electron chi connectivity index (χ4n) is 1.20. The van der Waals surface area contributed by atoms with Crippen LogP contribution in [0.15, 0.2) is 22.7 Å². The van der Waals surface area contributed by atoms with Gasteiger partial charge < -0.3 is 0 Å². The van der Waals surface area contributed by atoms with Gasteiger partial charge in [-0.3, -0.25) is 4.79 Å². The van der Waals surface area contributed by atoms with Gasteiger partial charge in [-0.15, -0.1) is 12.3 Å². The number of carbonyl (C=O) groups excluding carboxylic acids is 1. The summed E-state index contributed by atoms with van der Waals surface area (Å²) in [5.74, 6) is 1.76. The summed E-state index contributed by atoms with van der Waals surface area (Å²) < 4.78 is 13.9. The molecule has 0 spiro atoms. The van der Waals surface area contributed by atoms with Gasteiger partial charge in [0.05, 0.1) is 5.56 Å². The summed E-state index contributed by atoms with van der Waals surface area (Å²) >= 11 is 3.13. The molecule has 0 aliphatic carbocycles. The molecule has 0 N–H and O–H groups in total. The summed E-state index contributed by atoms with van der Waals surface area (Å²) in [5.41, 5.74) is 0.134. The van der Waals surface area contributed by atoms with Crippen LogP contribution >= 0.6 is 15.9 Å². The minimum absolute atomic E-state index is 0.134. The molecule has 0 aromatic heterocycles. The van der Waals surface area contributed by atoms with Gasteiger partial charge in [-0.25, -0.2) is 4.39 Å². The van der Waals surface area contributed by atoms with Crippen molar-refractivity contribution in [1.29, 1.82) is 0 Å². The Morgan fingerprint density at radius 3 is 2.87 bits per heavy atom. The van der Waals surface area contributed by atoms with Gasteiger partial charge in [0, 0.05) is 17.3 Å². The lowest BCUT2D eigenvalue weighted by atomic mass is 10.1. The maximum Gasteiger partial charge on any atom is 0.165 e. The molecule has 0 amide bonds. The lowest BCUT2D eigenvalue weighted by Crippen LogP contribution is -2.02. The van der Waals surface area contributed by atoms with Gasteiger partial charge in [0.25, 0.3) is 0 Å². The predicted molar refractivity (Wildman–Crippen MR) is 61.1 cm³/mol. The first-order valence-electron chi connectivity index (χ1n) is 4.57. The van der Waals surface area contributed by atoms with Gasteiger partial charge in [-0.2, -0.15) is 0 Å². The van der Waals surface area contributed by atoms with Crippen molar-refractivity contribution < 1.29 is 9.18 Å². The molecule has 1 nitrogen and oxygen atoms in total. The number of Topliss-reactive ketones (excluding diaryl/α,β-unsaturated/α-hetero) is 1. The Hall–Kier alpha value is -1.14. The van der Waals surface area contributed by atoms with E-state index in [0.29, 0.717) is 23.7 Å². The average molecular weight is 269 g/mol. The van der Waals surface area contributed by atoms with Crippen LogP contribution in [-0.4, -0.2) is 5.78 Å². The van der Waals surface area contributed by atoms with Crippen LogP contribution in [0.3, 0.4) is 0 Å². The monoisotopic (exact) mass is 268 g/mol. The summed E-state index contributed by atoms with van der Waals surface area (Å²) in [6.07, 6.45) is 6.50. The van der Waals surface area contributed by atoms with E-state index in [0.717, 1.165) is 0 Å². The number of benzene rings is 1. The highest BCUT2D eigenvalue weighted by Gasteiger charge is 2.10. The smallest absolute Gasteiger partial charge is 0.165 e. The minimum Gasteiger partial charge on any atom is -0.294 e. The molecule has 0 aliphatic rings. The van der Waals surface area contributed by atoms with Gasteiger partial charge in [0.2, 0.25) is 0 Å². The van der Waals surface area contributed by atoms with Crippen LogP contribution in [0.25, 0.3) is 0 Å². The molecule has 78 valence electrons. The van der Waals surface area contributed by atoms with Crippen molar-refractivity contribution in [2.45, 2.75) is 19.3 Å². The topological polar surface area (TPSA) is 17.1 Å². The average Bonchev–Trinajstić information content (AvgIpc) is 2.17. The number of ketones is 1. The first-order valence-corrected chi connectivity index (χ1v) is 5.36. The van der Waals surface area contributed by atoms with Crippen LogP contribution in [0.5, 0.6) is 0 Å². The van der Waals surface area contributed by atoms with E-state index in [1.807, 2.05) is 0 Å². The molecule has 0 bridgehead atoms. The molecule has 3 heteroatoms. The standard InChI is InChI=1S/C12H10BrFO/c1-2-3-4-5-12(15)10-7-6-9(13)8-11(10)14/h1,6-8H,3-5H2. The fraction of sp³-hybridized carbons (Fsp3) is 0.250. The third-order valence-corrected chi connectivity index (χ3v) is 2.45. The van der Waals surface area contributed by atoms with Crippen LogP contribution in [0.4, 0.5) is 4.39 Å². The Kier molecular flexibility index (Phi) is 4.51. The van der Waals surface area contributed by atoms with Crippen molar-refractivity contribution in [3.05, 3.63) is 34.1 Å². The second-order valence-corrected chi connectivity index (χ2v) is 4.02. The summed E-state index contributed by atoms with van der Waals surface area (Å²) in [4.78, 5) is 11.5. The van der Waals surface area contributed by atoms with E-state index < -0.39 is 5.82 Å². The van der Waals surface area contributed by atoms with E-state index in [1.54, 1.807) is 6.07 Å². The molecule has 0 fully saturated rings. The van der Waals surface area contributed by atoms with Crippen LogP contribution < -0.4 is 0 Å². The summed E-state index contributed by atoms with van der Waals surface area (Å²) in [5, 5.41) is 0. The number of unbranched alkanes of at least 4 members (excludes halogenated alkanes) is 1. The van der Waals surface area contributed by atoms with Crippen molar-refractivity contribution in [3.8, 4) is 12.3 Å². The lowest BCUT2D eigenvalue weighted by Gasteiger charge is -2.01. The Balaban J connectivity index is 2.70. The Morgan fingerprint density at radius 1 is 1.53 bits per heavy atom. The second kappa shape index (κ2) is 5.67. The summed E-state index contributed by atoms with van der Waals surface area (Å²) in [6, 6.07) is 4.42. The zero-order chi connectivity index (χ0) is 11.3. The maximum absolute atomic E-state index is 13.3. The van der Waals surface area contributed by atoms with Gasteiger partial charge in [-0.1, -0.05) is 15.9 Å². The molecule has 0 aliphatic heterocycles. The molecule has 0 radical (unpaired) electrons. The normalized spacial score (nSPS) is 9.67. The largest absolute Gasteiger partial charge is 0.294 e. The zero-order valence-electron chi connectivity index (χ0n) is 8.09. The van der Waals surface area contributed by atoms with Crippen molar-refractivity contribution >= 4 is 21.7 Å². The number of hydrogen-bond acceptors (Lipinski definition) is 1. The van der Waals surface area contributed by atoms with E-state index in [1.165, 1.54) is 12.1 Å². The van der Waals surface area contributed by atoms with Crippen molar-refractivity contribution in [2.24, 2.45) is 0 Å². The molecule has 0 unspecified atom stereocenters. The van der Waals surface area contributed by atoms with E-state index in [-0.39, 0.29) is 11.3 Å². The summed E-state index contributed by atoms with van der Waals surface area (Å²) in [7, 11) is 0. The molecule has 0 saturated carbocycles. The molecule has 1 rings (SSSR count). The molecule has 0 atom stereocenters. The molecule has 0 heterocycles. The maximum atomic E-state index is 13.3. The Morgan fingerprint density at radius 2 is 2.27 bits per heavy atom. The highest BCUT2D eigenvalue weighted by Crippen LogP contribution is 2.17. The van der Waals surface area contributed by atoms with E-state index >= 15 is 0 Å². The van der Waals surface area contributed by atoms with Crippen LogP contribution in [0, 0.1) is 18.2 Å². The number of hydrogen-bond donors (Lipinski definition) is 0. The van der Waals surface area contributed by atoms with Crippen LogP contribution in [-0.2, 0) is 0 Å². The Bertz CT molecular complexity index is 407. The molecule has 1 aromatic carbocycles. The van der Waals surface area contributed by atoms with E-state index in [2.05, 4.69) is 21.9 Å². The van der Waals surface area contributed by atoms with Crippen molar-refractivity contribution in [1.82, 2.24) is 0 Å². The van der Waals surface area contributed by atoms with E-state index in [4.69, 9.17) is 6.42 Å². The fourth-order valence-corrected chi connectivity index (χ4v) is 1.53. The van der Waals surface area contributed by atoms with Crippen LogP contribution in [0.1, 0.15) is 29.6 Å². The zero-order valence-corrected chi connectivity index (χ0v) is 9.68. The third kappa shape index (κ3) is 3.49. The third-order valence-electron chi connectivity index (χ3n) is 1.96. The number of terminal acetylenes is 1. The van der Waals surface area contributed by atoms with Gasteiger partial charge in [-0.05, 0) is 24.6 Å². The predicted octanol–water partition coefficient (Wildman–Crippen LogP) is 3.57. The van der Waals surface area contributed by atoms with Gasteiger partial charge in [0.1, 0.15) is 5.82 Å². The molecule has 1 aromatic rings. The number of carbonyl (C=O) groups is 1. The number of halogens is 2. The minimum atomic E-state index is -0.491. The Labute approximate surface area is 96.8 Å². The van der Waals surface area contributed by atoms with Crippen molar-refractivity contribution in [2.75, 3.05) is 0 Å². The van der Waals surface area contributed by atoms with E-state index in [9.17, 15) is 9.18 Å². The first kappa shape index (κ1) is 11.9. The molecular weight excluding hydrogens is 259 g/mol. The highest BCUT2D eigenvalue weighted by molar-refractivity contribution is 9.10. The van der Waals surface area contributed by atoms with Gasteiger partial charge in [0.15, 0.2) is 5.78 Å². The summed E-state index contributed by atoms with van der Waals surface area (Å²) in [6.45, 7) is 0. The van der Waals surface area contributed by atoms with Crippen molar-refractivity contribution in [3.63, 3.8) is 0 Å². The van der Waals surface area contributed by atoms with Gasteiger partial charge >= 0.3 is 0 Å². The molecule has 15 heavy (non-hydrogen) atoms. The highest BCUT2D eigenvalue weighted by atomic mass is 79.9. The SMILES string of the molecule is C#CCCCC(=O)c1ccc(Br)cc1F.